The van der Waals surface area contributed by atoms with Crippen molar-refractivity contribution in [2.24, 2.45) is 0 Å². The second-order valence-corrected chi connectivity index (χ2v) is 5.96. The average molecular weight is 317 g/mol. The Morgan fingerprint density at radius 1 is 1.23 bits per heavy atom. The minimum Gasteiger partial charge on any atom is -0.270 e. The van der Waals surface area contributed by atoms with Crippen molar-refractivity contribution in [3.05, 3.63) is 35.4 Å². The van der Waals surface area contributed by atoms with E-state index in [2.05, 4.69) is 11.1 Å². The van der Waals surface area contributed by atoms with E-state index in [9.17, 15) is 9.59 Å². The minimum absolute atomic E-state index is 0.266. The number of benzene rings is 1. The van der Waals surface area contributed by atoms with Gasteiger partial charge in [-0.05, 0) is 24.7 Å². The Hall–Kier alpha value is -2.28. The monoisotopic (exact) mass is 317 g/mol. The lowest BCUT2D eigenvalue weighted by Gasteiger charge is -2.31. The van der Waals surface area contributed by atoms with Crippen LogP contribution >= 0.6 is 12.2 Å². The predicted octanol–water partition coefficient (Wildman–Crippen LogP) is -0.533. The van der Waals surface area contributed by atoms with Gasteiger partial charge in [0.15, 0.2) is 0 Å². The number of amides is 3. The normalized spacial score (nSPS) is 21.4. The lowest BCUT2D eigenvalue weighted by molar-refractivity contribution is -0.320. The second-order valence-electron chi connectivity index (χ2n) is 5.57. The maximum absolute atomic E-state index is 12.5. The number of amidine groups is 1. The van der Waals surface area contributed by atoms with Crippen molar-refractivity contribution in [1.82, 2.24) is 14.7 Å². The van der Waals surface area contributed by atoms with Crippen molar-refractivity contribution in [1.29, 1.82) is 0 Å². The number of nitrogens with one attached hydrogen (secondary N) is 1. The highest BCUT2D eigenvalue weighted by Crippen LogP contribution is 2.19. The van der Waals surface area contributed by atoms with Gasteiger partial charge in [0.2, 0.25) is 6.04 Å². The van der Waals surface area contributed by atoms with E-state index in [-0.39, 0.29) is 11.9 Å². The minimum atomic E-state index is -0.569. The number of aryl methyl sites for hydroxylation is 1. The van der Waals surface area contributed by atoms with Crippen molar-refractivity contribution in [2.75, 3.05) is 14.1 Å². The molecule has 0 spiro atoms. The van der Waals surface area contributed by atoms with E-state index >= 15 is 0 Å². The average Bonchev–Trinajstić information content (AvgIpc) is 2.80. The van der Waals surface area contributed by atoms with E-state index in [4.69, 9.17) is 12.2 Å². The van der Waals surface area contributed by atoms with Crippen LogP contribution in [0.4, 0.5) is 4.79 Å². The molecule has 2 aliphatic heterocycles. The molecule has 0 saturated carbocycles. The molecule has 1 aromatic rings. The number of imide groups is 1. The zero-order valence-corrected chi connectivity index (χ0v) is 13.5. The van der Waals surface area contributed by atoms with E-state index < -0.39 is 6.04 Å². The molecule has 0 aromatic heterocycles. The van der Waals surface area contributed by atoms with Gasteiger partial charge in [0.1, 0.15) is 0 Å². The van der Waals surface area contributed by atoms with Gasteiger partial charge in [-0.3, -0.25) is 14.6 Å². The molecule has 1 atom stereocenters. The summed E-state index contributed by atoms with van der Waals surface area (Å²) in [5.74, 6) is 0.267. The number of fused-ring (bicyclic) bond motifs is 1. The van der Waals surface area contributed by atoms with Crippen LogP contribution in [0.2, 0.25) is 0 Å². The molecule has 2 aliphatic rings. The summed E-state index contributed by atoms with van der Waals surface area (Å²) in [6, 6.07) is 7.14. The van der Waals surface area contributed by atoms with E-state index in [0.717, 1.165) is 16.0 Å². The first-order chi connectivity index (χ1) is 10.4. The van der Waals surface area contributed by atoms with Crippen molar-refractivity contribution in [3.8, 4) is 0 Å². The van der Waals surface area contributed by atoms with Crippen LogP contribution in [0.1, 0.15) is 11.1 Å². The molecule has 0 aliphatic carbocycles. The van der Waals surface area contributed by atoms with Gasteiger partial charge in [0.05, 0.1) is 13.6 Å². The fraction of sp³-hybridized carbons (Fsp3) is 0.333. The van der Waals surface area contributed by atoms with Crippen molar-refractivity contribution >= 4 is 35.1 Å². The standard InChI is InChI=1S/C15H16N4O2S/c1-9-5-4-6-10(7-9)8-19-11-12(16-14(19)22)17(2)15(21)18(3)13(11)20/h4-7,11H,8H2,1-3H3/p+1. The lowest BCUT2D eigenvalue weighted by atomic mass is 10.1. The molecule has 0 bridgehead atoms. The first-order valence-corrected chi connectivity index (χ1v) is 7.36. The molecule has 22 heavy (non-hydrogen) atoms. The predicted molar refractivity (Wildman–Crippen MR) is 85.0 cm³/mol. The first-order valence-electron chi connectivity index (χ1n) is 6.95. The van der Waals surface area contributed by atoms with Crippen molar-refractivity contribution < 1.29 is 14.6 Å². The van der Waals surface area contributed by atoms with Crippen LogP contribution in [0, 0.1) is 6.92 Å². The van der Waals surface area contributed by atoms with E-state index in [0.29, 0.717) is 17.5 Å². The van der Waals surface area contributed by atoms with Gasteiger partial charge in [-0.1, -0.05) is 29.8 Å². The molecule has 3 amide bonds. The summed E-state index contributed by atoms with van der Waals surface area (Å²) in [5.41, 5.74) is 2.22. The fourth-order valence-electron chi connectivity index (χ4n) is 2.81. The van der Waals surface area contributed by atoms with Gasteiger partial charge in [0, 0.05) is 7.05 Å². The number of hydrogen-bond acceptors (Lipinski definition) is 3. The summed E-state index contributed by atoms with van der Waals surface area (Å²) < 4.78 is 0. The molecule has 1 aromatic carbocycles. The molecule has 114 valence electrons. The highest BCUT2D eigenvalue weighted by molar-refractivity contribution is 7.79. The summed E-state index contributed by atoms with van der Waals surface area (Å²) in [7, 11) is 3.13. The Kier molecular flexibility index (Phi) is 3.44. The number of urea groups is 1. The third kappa shape index (κ3) is 2.18. The maximum Gasteiger partial charge on any atom is 0.388 e. The number of likely N-dealkylation sites (N-methyl/N-ethyl adjacent to an activating group) is 2. The molecule has 3 rings (SSSR count). The molecule has 2 heterocycles. The van der Waals surface area contributed by atoms with Crippen molar-refractivity contribution in [3.63, 3.8) is 0 Å². The first kappa shape index (κ1) is 14.6. The van der Waals surface area contributed by atoms with Gasteiger partial charge in [0.25, 0.3) is 16.9 Å². The largest absolute Gasteiger partial charge is 0.388 e. The van der Waals surface area contributed by atoms with E-state index in [1.807, 2.05) is 30.0 Å². The Morgan fingerprint density at radius 3 is 2.64 bits per heavy atom. The van der Waals surface area contributed by atoms with Gasteiger partial charge < -0.3 is 0 Å². The van der Waals surface area contributed by atoms with Crippen LogP contribution in [-0.2, 0) is 11.3 Å². The zero-order chi connectivity index (χ0) is 16.0. The Balaban J connectivity index is 1.93. The van der Waals surface area contributed by atoms with E-state index in [1.54, 1.807) is 7.05 Å². The molecule has 1 N–H and O–H groups in total. The second kappa shape index (κ2) is 5.17. The number of thiocarbonyl (C=S) groups is 1. The summed E-state index contributed by atoms with van der Waals surface area (Å²) in [4.78, 5) is 31.9. The van der Waals surface area contributed by atoms with Gasteiger partial charge in [-0.25, -0.2) is 14.7 Å². The molecule has 7 heteroatoms. The van der Waals surface area contributed by atoms with Crippen molar-refractivity contribution in [2.45, 2.75) is 19.5 Å². The third-order valence-corrected chi connectivity index (χ3v) is 4.34. The van der Waals surface area contributed by atoms with Crippen LogP contribution in [-0.4, -0.2) is 57.7 Å². The molecule has 0 radical (unpaired) electrons. The summed E-state index contributed by atoms with van der Waals surface area (Å²) in [5, 5.41) is 0.463. The lowest BCUT2D eigenvalue weighted by Crippen LogP contribution is -2.79. The number of nitrogens with zero attached hydrogens (tertiary/aromatic N) is 3. The van der Waals surface area contributed by atoms with Crippen LogP contribution in [0.5, 0.6) is 0 Å². The fourth-order valence-corrected chi connectivity index (χ4v) is 3.08. The Morgan fingerprint density at radius 2 is 1.95 bits per heavy atom. The highest BCUT2D eigenvalue weighted by Gasteiger charge is 2.54. The smallest absolute Gasteiger partial charge is 0.270 e. The number of carbonyl (C=O) groups excluding carboxylic acids is 2. The van der Waals surface area contributed by atoms with Gasteiger partial charge in [-0.2, -0.15) is 0 Å². The van der Waals surface area contributed by atoms with Crippen LogP contribution < -0.4 is 4.99 Å². The zero-order valence-electron chi connectivity index (χ0n) is 12.7. The summed E-state index contributed by atoms with van der Waals surface area (Å²) in [6.07, 6.45) is 0. The van der Waals surface area contributed by atoms with Crippen LogP contribution in [0.3, 0.4) is 0 Å². The van der Waals surface area contributed by atoms with Crippen LogP contribution in [0.15, 0.2) is 24.3 Å². The molecular weight excluding hydrogens is 300 g/mol. The van der Waals surface area contributed by atoms with Crippen LogP contribution in [0.25, 0.3) is 0 Å². The van der Waals surface area contributed by atoms with Gasteiger partial charge >= 0.3 is 6.03 Å². The summed E-state index contributed by atoms with van der Waals surface area (Å²) >= 11 is 5.36. The molecule has 1 saturated heterocycles. The Labute approximate surface area is 134 Å². The quantitative estimate of drug-likeness (QED) is 0.745. The molecule has 1 unspecified atom stereocenters. The maximum atomic E-state index is 12.5. The van der Waals surface area contributed by atoms with E-state index in [1.165, 1.54) is 11.9 Å². The van der Waals surface area contributed by atoms with Gasteiger partial charge in [-0.15, -0.1) is 0 Å². The highest BCUT2D eigenvalue weighted by atomic mass is 32.1. The molecular formula is C15H17N4O2S+. The SMILES string of the molecule is Cc1cccc(CN2C(=S)[NH+]=C3C2C(=O)N(C)C(=O)N3C)c1. The number of carbonyl (C=O) groups is 2. The molecule has 1 fully saturated rings. The Bertz CT molecular complexity index is 715. The summed E-state index contributed by atoms with van der Waals surface area (Å²) in [6.45, 7) is 2.54. The number of hydrogen-bond donors (Lipinski definition) is 1. The number of rotatable bonds is 2. The topological polar surface area (TPSA) is 57.8 Å². The third-order valence-electron chi connectivity index (χ3n) is 4.00. The molecule has 6 nitrogen and oxygen atoms in total.